The smallest absolute Gasteiger partial charge is 0.333 e. The molecule has 22 nitrogen and oxygen atoms in total. The molecule has 0 aromatic heterocycles. The highest BCUT2D eigenvalue weighted by molar-refractivity contribution is 7.86. The number of amides is 2. The summed E-state index contributed by atoms with van der Waals surface area (Å²) in [7, 11) is -6.29. The molecule has 1 unspecified atom stereocenters. The predicted molar refractivity (Wildman–Crippen MR) is 265 cm³/mol. The summed E-state index contributed by atoms with van der Waals surface area (Å²) < 4.78 is 124. The molecule has 2 amide bonds. The number of benzene rings is 2. The van der Waals surface area contributed by atoms with E-state index in [1.807, 2.05) is 24.3 Å². The summed E-state index contributed by atoms with van der Waals surface area (Å²) in [6.45, 7) is 9.08. The third kappa shape index (κ3) is 19.0. The van der Waals surface area contributed by atoms with Crippen LogP contribution in [0.15, 0.2) is 75.9 Å². The Morgan fingerprint density at radius 3 is 1.86 bits per heavy atom. The molecule has 1 saturated heterocycles. The Labute approximate surface area is 432 Å². The molecule has 1 aliphatic carbocycles. The summed E-state index contributed by atoms with van der Waals surface area (Å²) in [5.41, 5.74) is 1.85. The lowest BCUT2D eigenvalue weighted by atomic mass is 9.77. The Morgan fingerprint density at radius 2 is 1.31 bits per heavy atom. The Kier molecular flexibility index (Phi) is 24.7. The lowest BCUT2D eigenvalue weighted by molar-refractivity contribution is -0.197. The first kappa shape index (κ1) is 59.9. The molecule has 1 fully saturated rings. The van der Waals surface area contributed by atoms with Crippen molar-refractivity contribution in [2.45, 2.75) is 55.8 Å². The van der Waals surface area contributed by atoms with E-state index >= 15 is 0 Å². The van der Waals surface area contributed by atoms with Gasteiger partial charge in [-0.05, 0) is 73.7 Å². The molecule has 1 aromatic rings. The molecule has 5 rings (SSSR count). The minimum Gasteiger partial charge on any atom is -0.748 e. The number of methoxy groups -OCH3 is 2. The van der Waals surface area contributed by atoms with E-state index in [0.29, 0.717) is 133 Å². The lowest BCUT2D eigenvalue weighted by Crippen LogP contribution is -2.36. The van der Waals surface area contributed by atoms with Gasteiger partial charge in [0.25, 0.3) is 11.8 Å². The molecule has 0 spiro atoms. The van der Waals surface area contributed by atoms with Gasteiger partial charge in [-0.25, -0.2) is 26.2 Å². The highest BCUT2D eigenvalue weighted by Crippen LogP contribution is 2.51. The summed E-state index contributed by atoms with van der Waals surface area (Å²) in [6, 6.07) is 11.5. The van der Waals surface area contributed by atoms with Crippen LogP contribution in [-0.2, 0) is 82.8 Å². The number of carbonyl (C=O) groups is 3. The fourth-order valence-electron chi connectivity index (χ4n) is 8.27. The van der Waals surface area contributed by atoms with E-state index in [9.17, 15) is 40.3 Å². The fourth-order valence-corrected chi connectivity index (χ4v) is 9.25. The van der Waals surface area contributed by atoms with Gasteiger partial charge in [-0.2, -0.15) is 0 Å². The number of anilines is 1. The lowest BCUT2D eigenvalue weighted by Gasteiger charge is -2.30. The predicted octanol–water partition coefficient (Wildman–Crippen LogP) is 2.84. The van der Waals surface area contributed by atoms with Crippen molar-refractivity contribution in [2.24, 2.45) is 0 Å². The first-order valence-corrected chi connectivity index (χ1v) is 27.3. The number of ether oxygens (including phenoxy) is 8. The maximum Gasteiger partial charge on any atom is 0.333 e. The summed E-state index contributed by atoms with van der Waals surface area (Å²) in [4.78, 5) is 43.4. The van der Waals surface area contributed by atoms with Crippen LogP contribution in [0, 0.1) is 0 Å². The number of rotatable bonds is 36. The third-order valence-electron chi connectivity index (χ3n) is 12.0. The quantitative estimate of drug-likeness (QED) is 0.0350. The number of allylic oxidation sites excluding steroid dienone is 3. The second-order valence-electron chi connectivity index (χ2n) is 17.2. The molecule has 3 aliphatic heterocycles. The fraction of sp³-hybridized carbons (Fsp3) is 0.560. The number of hydrogen-bond acceptors (Lipinski definition) is 20. The molecule has 410 valence electrons. The second-order valence-corrected chi connectivity index (χ2v) is 20.1. The van der Waals surface area contributed by atoms with Gasteiger partial charge in [0.2, 0.25) is 5.36 Å². The largest absolute Gasteiger partial charge is 0.748 e. The second kappa shape index (κ2) is 30.6. The Balaban J connectivity index is 1.38. The monoisotopic (exact) mass is 1080 g/mol. The Hall–Kier alpha value is -4.96. The first-order valence-electron chi connectivity index (χ1n) is 24.4. The number of hydrogen-bond donors (Lipinski definition) is 0. The topological polar surface area (TPSA) is 271 Å². The molecule has 74 heavy (non-hydrogen) atoms. The SMILES string of the molecule is COCCOCCOCCOCC[N+](CCOCCOCCOCCOC)=c1ccc2c(/C=C/C=C3\N(CCCS(=O)(=O)[O-])c4ccc(S(=O)(=O)[O-])cc4C3(C)CCCC(=O)ON3C(=O)CCC3=O)ccoc-2c1. The molecule has 3 heterocycles. The van der Waals surface area contributed by atoms with E-state index < -0.39 is 54.1 Å². The van der Waals surface area contributed by atoms with Gasteiger partial charge in [-0.15, -0.1) is 5.06 Å². The van der Waals surface area contributed by atoms with Crippen LogP contribution < -0.4 is 14.8 Å². The van der Waals surface area contributed by atoms with Crippen molar-refractivity contribution >= 4 is 49.8 Å². The first-order chi connectivity index (χ1) is 35.6. The van der Waals surface area contributed by atoms with E-state index in [-0.39, 0.29) is 45.1 Å². The summed E-state index contributed by atoms with van der Waals surface area (Å²) in [5.74, 6) is -2.20. The van der Waals surface area contributed by atoms with Gasteiger partial charge in [0, 0.05) is 74.2 Å². The number of fused-ring (bicyclic) bond motifs is 2. The van der Waals surface area contributed by atoms with Gasteiger partial charge in [-0.3, -0.25) is 9.59 Å². The van der Waals surface area contributed by atoms with E-state index in [1.165, 1.54) is 12.1 Å². The van der Waals surface area contributed by atoms with Gasteiger partial charge < -0.3 is 61.2 Å². The van der Waals surface area contributed by atoms with E-state index in [4.69, 9.17) is 47.1 Å². The summed E-state index contributed by atoms with van der Waals surface area (Å²) in [6.07, 6.45) is 6.73. The maximum atomic E-state index is 12.9. The highest BCUT2D eigenvalue weighted by Gasteiger charge is 2.43. The van der Waals surface area contributed by atoms with Gasteiger partial charge in [-0.1, -0.05) is 12.2 Å². The van der Waals surface area contributed by atoms with Crippen LogP contribution in [-0.4, -0.2) is 181 Å². The van der Waals surface area contributed by atoms with Crippen molar-refractivity contribution in [2.75, 3.05) is 137 Å². The minimum absolute atomic E-state index is 0.0226. The van der Waals surface area contributed by atoms with Gasteiger partial charge in [0.15, 0.2) is 13.1 Å². The Morgan fingerprint density at radius 1 is 0.743 bits per heavy atom. The van der Waals surface area contributed by atoms with Crippen LogP contribution in [0.2, 0.25) is 0 Å². The van der Waals surface area contributed by atoms with Gasteiger partial charge in [0.05, 0.1) is 107 Å². The molecule has 4 aliphatic rings. The molecule has 24 heteroatoms. The minimum atomic E-state index is -4.92. The zero-order chi connectivity index (χ0) is 53.4. The summed E-state index contributed by atoms with van der Waals surface area (Å²) in [5, 5.41) is 1.31. The zero-order valence-electron chi connectivity index (χ0n) is 42.2. The number of imide groups is 1. The number of nitrogens with zero attached hydrogens (tertiary/aromatic N) is 3. The normalized spacial score (nSPS) is 16.6. The standard InChI is InChI=1S/C50H69N3O19S2/c1-50(17-5-9-49(56)72-53-47(54)14-15-48(53)55)43-38-41(74(60,61)62)11-13-44(43)52(18-6-36-73(57,58)59)46(50)8-4-7-39-16-21-71-45-37-40(10-12-42(39)45)51(19-22-65-28-30-69-34-32-67-26-24-63-2)20-23-66-29-31-70-35-33-68-27-25-64-3/h4,7-8,10-13,16,21,37-38H,5-6,9,14-15,17-20,22-36H2,1-3H3,(H-,57,58,59,60,61,62)/p-1. The van der Waals surface area contributed by atoms with Crippen LogP contribution in [0.1, 0.15) is 56.6 Å². The van der Waals surface area contributed by atoms with Crippen molar-refractivity contribution < 1.29 is 87.5 Å². The molecule has 0 radical (unpaired) electrons. The molecule has 1 atom stereocenters. The molecular weight excluding hydrogens is 1010 g/mol. The molecule has 0 bridgehead atoms. The molecule has 0 N–H and O–H groups in total. The van der Waals surface area contributed by atoms with Crippen LogP contribution in [0.3, 0.4) is 0 Å². The van der Waals surface area contributed by atoms with Crippen molar-refractivity contribution in [3.8, 4) is 11.3 Å². The van der Waals surface area contributed by atoms with Crippen LogP contribution in [0.4, 0.5) is 5.69 Å². The van der Waals surface area contributed by atoms with Crippen molar-refractivity contribution in [1.29, 1.82) is 0 Å². The van der Waals surface area contributed by atoms with Crippen molar-refractivity contribution in [3.63, 3.8) is 0 Å². The Bertz CT molecular complexity index is 2580. The zero-order valence-corrected chi connectivity index (χ0v) is 43.9. The van der Waals surface area contributed by atoms with E-state index in [2.05, 4.69) is 4.58 Å². The molecule has 1 aromatic carbocycles. The van der Waals surface area contributed by atoms with Gasteiger partial charge >= 0.3 is 5.97 Å². The average Bonchev–Trinajstić information content (AvgIpc) is 3.79. The third-order valence-corrected chi connectivity index (χ3v) is 13.6. The van der Waals surface area contributed by atoms with E-state index in [1.54, 1.807) is 50.5 Å². The van der Waals surface area contributed by atoms with Crippen molar-refractivity contribution in [3.05, 3.63) is 83.1 Å². The van der Waals surface area contributed by atoms with E-state index in [0.717, 1.165) is 22.6 Å². The highest BCUT2D eigenvalue weighted by atomic mass is 32.2. The number of carbonyl (C=O) groups excluding carboxylic acids is 3. The molecule has 0 saturated carbocycles. The van der Waals surface area contributed by atoms with Crippen LogP contribution in [0.25, 0.3) is 17.4 Å². The van der Waals surface area contributed by atoms with Gasteiger partial charge in [0.1, 0.15) is 29.1 Å². The van der Waals surface area contributed by atoms with Crippen LogP contribution >= 0.6 is 0 Å². The van der Waals surface area contributed by atoms with Crippen molar-refractivity contribution in [1.82, 2.24) is 9.64 Å². The van der Waals surface area contributed by atoms with Crippen LogP contribution in [0.5, 0.6) is 0 Å². The average molecular weight is 1080 g/mol. The number of hydroxylamine groups is 2. The summed E-state index contributed by atoms with van der Waals surface area (Å²) >= 11 is 0. The maximum absolute atomic E-state index is 12.9. The molecular formula is C50H68N3O19S2-.